The molecule has 2 aliphatic heterocycles. The zero-order valence-corrected chi connectivity index (χ0v) is 9.12. The molecule has 0 bridgehead atoms. The van der Waals surface area contributed by atoms with Crippen molar-refractivity contribution < 1.29 is 4.79 Å². The summed E-state index contributed by atoms with van der Waals surface area (Å²) in [7, 11) is 0. The smallest absolute Gasteiger partial charge is 0.223 e. The maximum atomic E-state index is 11.8. The van der Waals surface area contributed by atoms with Crippen LogP contribution in [0.3, 0.4) is 0 Å². The highest BCUT2D eigenvalue weighted by Gasteiger charge is 2.36. The van der Waals surface area contributed by atoms with Crippen LogP contribution in [0, 0.1) is 11.8 Å². The Kier molecular flexibility index (Phi) is 2.77. The van der Waals surface area contributed by atoms with Gasteiger partial charge in [-0.2, -0.15) is 0 Å². The van der Waals surface area contributed by atoms with Crippen LogP contribution in [0.1, 0.15) is 26.7 Å². The largest absolute Gasteiger partial charge is 0.338 e. The fourth-order valence-corrected chi connectivity index (χ4v) is 2.47. The van der Waals surface area contributed by atoms with Crippen LogP contribution in [0.5, 0.6) is 0 Å². The Bertz CT molecular complexity index is 221. The highest BCUT2D eigenvalue weighted by Crippen LogP contribution is 2.27. The number of nitrogens with one attached hydrogen (secondary N) is 1. The SMILES string of the molecule is CC(C)C1CC(=O)N(C2CCNC2)C1. The van der Waals surface area contributed by atoms with Gasteiger partial charge in [0.1, 0.15) is 0 Å². The Labute approximate surface area is 85.8 Å². The van der Waals surface area contributed by atoms with E-state index in [4.69, 9.17) is 0 Å². The summed E-state index contributed by atoms with van der Waals surface area (Å²) in [6.45, 7) is 7.49. The van der Waals surface area contributed by atoms with E-state index in [1.165, 1.54) is 0 Å². The molecule has 0 spiro atoms. The van der Waals surface area contributed by atoms with Gasteiger partial charge in [-0.3, -0.25) is 4.79 Å². The molecule has 1 amide bonds. The molecule has 2 heterocycles. The van der Waals surface area contributed by atoms with E-state index in [1.807, 2.05) is 0 Å². The van der Waals surface area contributed by atoms with Gasteiger partial charge in [-0.1, -0.05) is 13.8 Å². The van der Waals surface area contributed by atoms with E-state index in [-0.39, 0.29) is 0 Å². The third kappa shape index (κ3) is 1.78. The van der Waals surface area contributed by atoms with Gasteiger partial charge < -0.3 is 10.2 Å². The molecule has 2 rings (SSSR count). The fourth-order valence-electron chi connectivity index (χ4n) is 2.47. The first kappa shape index (κ1) is 9.97. The lowest BCUT2D eigenvalue weighted by molar-refractivity contribution is -0.129. The number of hydrogen-bond donors (Lipinski definition) is 1. The summed E-state index contributed by atoms with van der Waals surface area (Å²) in [4.78, 5) is 13.9. The molecule has 0 aromatic carbocycles. The van der Waals surface area contributed by atoms with Gasteiger partial charge in [0, 0.05) is 25.6 Å². The van der Waals surface area contributed by atoms with E-state index in [1.54, 1.807) is 0 Å². The summed E-state index contributed by atoms with van der Waals surface area (Å²) in [5, 5.41) is 3.32. The lowest BCUT2D eigenvalue weighted by Gasteiger charge is -2.24. The lowest BCUT2D eigenvalue weighted by atomic mass is 9.95. The number of nitrogens with zero attached hydrogens (tertiary/aromatic N) is 1. The molecular formula is C11H20N2O. The number of carbonyl (C=O) groups excluding carboxylic acids is 1. The first-order chi connectivity index (χ1) is 6.68. The van der Waals surface area contributed by atoms with Crippen molar-refractivity contribution in [3.05, 3.63) is 0 Å². The number of amides is 1. The van der Waals surface area contributed by atoms with Crippen LogP contribution in [0.25, 0.3) is 0 Å². The molecular weight excluding hydrogens is 176 g/mol. The van der Waals surface area contributed by atoms with Crippen molar-refractivity contribution in [2.45, 2.75) is 32.7 Å². The molecule has 0 aromatic rings. The molecule has 0 aromatic heterocycles. The summed E-state index contributed by atoms with van der Waals surface area (Å²) < 4.78 is 0. The first-order valence-corrected chi connectivity index (χ1v) is 5.68. The average Bonchev–Trinajstić information content (AvgIpc) is 2.71. The number of carbonyl (C=O) groups is 1. The molecule has 2 atom stereocenters. The summed E-state index contributed by atoms with van der Waals surface area (Å²) in [5.41, 5.74) is 0. The Morgan fingerprint density at radius 3 is 2.79 bits per heavy atom. The first-order valence-electron chi connectivity index (χ1n) is 5.68. The Hall–Kier alpha value is -0.570. The molecule has 80 valence electrons. The minimum atomic E-state index is 0.373. The fraction of sp³-hybridized carbons (Fsp3) is 0.909. The standard InChI is InChI=1S/C11H20N2O/c1-8(2)9-5-11(14)13(7-9)10-3-4-12-6-10/h8-10,12H,3-7H2,1-2H3. The van der Waals surface area contributed by atoms with Crippen LogP contribution in [-0.2, 0) is 4.79 Å². The van der Waals surface area contributed by atoms with Crippen molar-refractivity contribution in [1.82, 2.24) is 10.2 Å². The molecule has 3 heteroatoms. The molecule has 0 radical (unpaired) electrons. The van der Waals surface area contributed by atoms with Gasteiger partial charge in [0.15, 0.2) is 0 Å². The monoisotopic (exact) mass is 196 g/mol. The zero-order chi connectivity index (χ0) is 10.1. The summed E-state index contributed by atoms with van der Waals surface area (Å²) in [6, 6.07) is 0.478. The third-order valence-corrected chi connectivity index (χ3v) is 3.61. The Balaban J connectivity index is 1.96. The molecule has 1 N–H and O–H groups in total. The van der Waals surface area contributed by atoms with E-state index in [2.05, 4.69) is 24.1 Å². The predicted molar refractivity (Wildman–Crippen MR) is 55.9 cm³/mol. The highest BCUT2D eigenvalue weighted by atomic mass is 16.2. The number of hydrogen-bond acceptors (Lipinski definition) is 2. The number of rotatable bonds is 2. The van der Waals surface area contributed by atoms with E-state index in [9.17, 15) is 4.79 Å². The Morgan fingerprint density at radius 1 is 1.50 bits per heavy atom. The molecule has 2 saturated heterocycles. The van der Waals surface area contributed by atoms with Crippen molar-refractivity contribution in [3.63, 3.8) is 0 Å². The van der Waals surface area contributed by atoms with E-state index < -0.39 is 0 Å². The predicted octanol–water partition coefficient (Wildman–Crippen LogP) is 0.853. The van der Waals surface area contributed by atoms with Gasteiger partial charge in [-0.15, -0.1) is 0 Å². The van der Waals surface area contributed by atoms with Crippen LogP contribution >= 0.6 is 0 Å². The summed E-state index contributed by atoms with van der Waals surface area (Å²) in [5.74, 6) is 1.60. The van der Waals surface area contributed by atoms with E-state index in [0.29, 0.717) is 23.8 Å². The molecule has 2 fully saturated rings. The van der Waals surface area contributed by atoms with Crippen LogP contribution in [0.2, 0.25) is 0 Å². The minimum absolute atomic E-state index is 0.373. The van der Waals surface area contributed by atoms with Crippen LogP contribution in [0.15, 0.2) is 0 Å². The van der Waals surface area contributed by atoms with Crippen LogP contribution in [0.4, 0.5) is 0 Å². The van der Waals surface area contributed by atoms with Crippen molar-refractivity contribution in [2.24, 2.45) is 11.8 Å². The Morgan fingerprint density at radius 2 is 2.29 bits per heavy atom. The van der Waals surface area contributed by atoms with Gasteiger partial charge >= 0.3 is 0 Å². The molecule has 2 aliphatic rings. The topological polar surface area (TPSA) is 32.3 Å². The summed E-state index contributed by atoms with van der Waals surface area (Å²) >= 11 is 0. The maximum Gasteiger partial charge on any atom is 0.223 e. The highest BCUT2D eigenvalue weighted by molar-refractivity contribution is 5.79. The lowest BCUT2D eigenvalue weighted by Crippen LogP contribution is -2.38. The maximum absolute atomic E-state index is 11.8. The molecule has 2 unspecified atom stereocenters. The normalized spacial score (nSPS) is 33.4. The molecule has 3 nitrogen and oxygen atoms in total. The van der Waals surface area contributed by atoms with Crippen LogP contribution in [-0.4, -0.2) is 36.5 Å². The van der Waals surface area contributed by atoms with E-state index >= 15 is 0 Å². The van der Waals surface area contributed by atoms with Crippen molar-refractivity contribution >= 4 is 5.91 Å². The summed E-state index contributed by atoms with van der Waals surface area (Å²) in [6.07, 6.45) is 1.91. The second kappa shape index (κ2) is 3.89. The van der Waals surface area contributed by atoms with Crippen molar-refractivity contribution in [2.75, 3.05) is 19.6 Å². The molecule has 0 saturated carbocycles. The van der Waals surface area contributed by atoms with Gasteiger partial charge in [0.2, 0.25) is 5.91 Å². The van der Waals surface area contributed by atoms with Crippen LogP contribution < -0.4 is 5.32 Å². The van der Waals surface area contributed by atoms with Gasteiger partial charge in [0.25, 0.3) is 0 Å². The second-order valence-electron chi connectivity index (χ2n) is 4.90. The van der Waals surface area contributed by atoms with E-state index in [0.717, 1.165) is 32.5 Å². The number of likely N-dealkylation sites (tertiary alicyclic amines) is 1. The van der Waals surface area contributed by atoms with Gasteiger partial charge in [-0.25, -0.2) is 0 Å². The van der Waals surface area contributed by atoms with Gasteiger partial charge in [-0.05, 0) is 24.8 Å². The molecule has 0 aliphatic carbocycles. The minimum Gasteiger partial charge on any atom is -0.338 e. The van der Waals surface area contributed by atoms with Gasteiger partial charge in [0.05, 0.1) is 0 Å². The molecule has 14 heavy (non-hydrogen) atoms. The zero-order valence-electron chi connectivity index (χ0n) is 9.12. The average molecular weight is 196 g/mol. The third-order valence-electron chi connectivity index (χ3n) is 3.61. The second-order valence-corrected chi connectivity index (χ2v) is 4.90. The van der Waals surface area contributed by atoms with Crippen molar-refractivity contribution in [1.29, 1.82) is 0 Å². The van der Waals surface area contributed by atoms with Crippen molar-refractivity contribution in [3.8, 4) is 0 Å². The quantitative estimate of drug-likeness (QED) is 0.710.